The van der Waals surface area contributed by atoms with Crippen molar-refractivity contribution in [3.05, 3.63) is 0 Å². The van der Waals surface area contributed by atoms with E-state index in [-0.39, 0.29) is 12.4 Å². The lowest BCUT2D eigenvalue weighted by Crippen LogP contribution is -3.00. The van der Waals surface area contributed by atoms with Gasteiger partial charge in [0.1, 0.15) is 0 Å². The van der Waals surface area contributed by atoms with Gasteiger partial charge in [0, 0.05) is 7.26 Å². The van der Waals surface area contributed by atoms with Crippen LogP contribution in [0.1, 0.15) is 364 Å². The molecule has 0 saturated carbocycles. The van der Waals surface area contributed by atoms with Gasteiger partial charge in [0.2, 0.25) is 0 Å². The molecule has 0 saturated heterocycles. The van der Waals surface area contributed by atoms with Gasteiger partial charge in [0.05, 0.1) is 24.6 Å². The second kappa shape index (κ2) is 55.0. The molecule has 0 fully saturated rings. The number of hydrogen-bond donors (Lipinski definition) is 0. The van der Waals surface area contributed by atoms with E-state index in [0.29, 0.717) is 0 Å². The summed E-state index contributed by atoms with van der Waals surface area (Å²) >= 11 is 0. The maximum absolute atomic E-state index is 2.72. The number of rotatable bonds is 56. The average molecular weight is 968 g/mol. The average Bonchev–Trinajstić information content (AvgIpc) is 3.28. The van der Waals surface area contributed by atoms with Crippen LogP contribution in [0.5, 0.6) is 0 Å². The van der Waals surface area contributed by atoms with Crippen LogP contribution in [0.3, 0.4) is 0 Å². The Balaban J connectivity index is 0. The summed E-state index contributed by atoms with van der Waals surface area (Å²) in [5.41, 5.74) is 0. The SMILES string of the molecule is CCCCCCCCCCCCCC(C)C[P+](CC(C)CCCCCCCCCCCCC)(CC(C)CCCCCCCCCCCCC)CC(C)CCCCCCCCCCCCC.[Cl-]. The van der Waals surface area contributed by atoms with Crippen molar-refractivity contribution in [3.63, 3.8) is 0 Å². The Morgan fingerprint density at radius 3 is 0.455 bits per heavy atom. The summed E-state index contributed by atoms with van der Waals surface area (Å²) in [6.45, 7) is 20.3. The van der Waals surface area contributed by atoms with E-state index < -0.39 is 7.26 Å². The van der Waals surface area contributed by atoms with E-state index in [1.54, 1.807) is 24.6 Å². The maximum atomic E-state index is 2.72. The van der Waals surface area contributed by atoms with Crippen molar-refractivity contribution in [1.82, 2.24) is 0 Å². The van der Waals surface area contributed by atoms with E-state index in [1.807, 2.05) is 0 Å². The van der Waals surface area contributed by atoms with Gasteiger partial charge >= 0.3 is 0 Å². The lowest BCUT2D eigenvalue weighted by Gasteiger charge is -2.36. The van der Waals surface area contributed by atoms with Gasteiger partial charge in [0.15, 0.2) is 0 Å². The third-order valence-corrected chi connectivity index (χ3v) is 21.6. The molecule has 0 aromatic carbocycles. The molecule has 400 valence electrons. The molecule has 0 aliphatic carbocycles. The van der Waals surface area contributed by atoms with Crippen molar-refractivity contribution >= 4 is 7.26 Å². The van der Waals surface area contributed by atoms with E-state index in [4.69, 9.17) is 0 Å². The Kier molecular flexibility index (Phi) is 57.4. The molecule has 0 radical (unpaired) electrons. The molecule has 0 amide bonds. The number of hydrogen-bond acceptors (Lipinski definition) is 0. The Bertz CT molecular complexity index is 730. The zero-order valence-electron chi connectivity index (χ0n) is 47.9. The standard InChI is InChI=1S/C64H132P.ClH/c1-9-13-17-21-25-29-33-37-41-45-49-53-61(5)57-65(58-62(6)54-50-46-42-38-34-30-26-22-18-14-10-2,59-63(7)55-51-47-43-39-35-31-27-23-19-15-11-3)60-64(8)56-52-48-44-40-36-32-28-24-20-16-12-4;/h61-64H,9-60H2,1-8H3;1H/q+1;/p-1. The lowest BCUT2D eigenvalue weighted by molar-refractivity contribution is -0.0000151. The van der Waals surface area contributed by atoms with E-state index in [2.05, 4.69) is 55.4 Å². The van der Waals surface area contributed by atoms with Crippen molar-refractivity contribution in [1.29, 1.82) is 0 Å². The molecule has 0 rings (SSSR count). The van der Waals surface area contributed by atoms with Crippen LogP contribution in [0.2, 0.25) is 0 Å². The van der Waals surface area contributed by atoms with E-state index in [0.717, 1.165) is 23.7 Å². The van der Waals surface area contributed by atoms with Gasteiger partial charge in [-0.15, -0.1) is 0 Å². The van der Waals surface area contributed by atoms with Gasteiger partial charge in [-0.1, -0.05) is 338 Å². The molecule has 0 spiro atoms. The molecule has 4 atom stereocenters. The summed E-state index contributed by atoms with van der Waals surface area (Å²) in [7, 11) is -1.05. The first-order valence-electron chi connectivity index (χ1n) is 31.7. The Labute approximate surface area is 429 Å². The quantitative estimate of drug-likeness (QED) is 0.0421. The molecule has 0 N–H and O–H groups in total. The fourth-order valence-electron chi connectivity index (χ4n) is 12.1. The summed E-state index contributed by atoms with van der Waals surface area (Å²) in [5.74, 6) is 3.72. The van der Waals surface area contributed by atoms with Gasteiger partial charge < -0.3 is 12.4 Å². The topological polar surface area (TPSA) is 0 Å². The Morgan fingerprint density at radius 2 is 0.318 bits per heavy atom. The minimum Gasteiger partial charge on any atom is -1.00 e. The van der Waals surface area contributed by atoms with Crippen LogP contribution in [0, 0.1) is 23.7 Å². The van der Waals surface area contributed by atoms with Crippen LogP contribution in [-0.4, -0.2) is 24.6 Å². The van der Waals surface area contributed by atoms with E-state index in [9.17, 15) is 0 Å². The highest BCUT2D eigenvalue weighted by Crippen LogP contribution is 2.64. The zero-order chi connectivity index (χ0) is 47.6. The first kappa shape index (κ1) is 68.8. The zero-order valence-corrected chi connectivity index (χ0v) is 49.6. The molecule has 0 nitrogen and oxygen atoms in total. The van der Waals surface area contributed by atoms with Crippen molar-refractivity contribution in [2.75, 3.05) is 24.6 Å². The van der Waals surface area contributed by atoms with Crippen LogP contribution in [0.4, 0.5) is 0 Å². The molecule has 4 unspecified atom stereocenters. The summed E-state index contributed by atoms with van der Waals surface area (Å²) in [6.07, 6.45) is 77.2. The second-order valence-corrected chi connectivity index (χ2v) is 27.9. The molecular formula is C64H132ClP. The molecule has 66 heavy (non-hydrogen) atoms. The van der Waals surface area contributed by atoms with Crippen molar-refractivity contribution in [2.24, 2.45) is 23.7 Å². The summed E-state index contributed by atoms with van der Waals surface area (Å²) in [5, 5.41) is 0. The smallest absolute Gasteiger partial charge is 0.0620 e. The van der Waals surface area contributed by atoms with E-state index >= 15 is 0 Å². The lowest BCUT2D eigenvalue weighted by atomic mass is 10.0. The molecule has 2 heteroatoms. The van der Waals surface area contributed by atoms with Gasteiger partial charge in [-0.3, -0.25) is 0 Å². The highest BCUT2D eigenvalue weighted by atomic mass is 35.5. The predicted octanol–water partition coefficient (Wildman–Crippen LogP) is 21.4. The molecule has 0 heterocycles. The van der Waals surface area contributed by atoms with Crippen LogP contribution in [0.15, 0.2) is 0 Å². The fraction of sp³-hybridized carbons (Fsp3) is 1.00. The molecular weight excluding hydrogens is 835 g/mol. The van der Waals surface area contributed by atoms with Gasteiger partial charge in [0.25, 0.3) is 0 Å². The summed E-state index contributed by atoms with van der Waals surface area (Å²) in [6, 6.07) is 0. The highest BCUT2D eigenvalue weighted by Gasteiger charge is 2.42. The first-order valence-corrected chi connectivity index (χ1v) is 34.2. The monoisotopic (exact) mass is 967 g/mol. The van der Waals surface area contributed by atoms with Gasteiger partial charge in [-0.2, -0.15) is 0 Å². The number of unbranched alkanes of at least 4 members (excludes halogenated alkanes) is 40. The van der Waals surface area contributed by atoms with Gasteiger partial charge in [-0.25, -0.2) is 0 Å². The molecule has 0 aliphatic rings. The Hall–Kier alpha value is 0.720. The predicted molar refractivity (Wildman–Crippen MR) is 307 cm³/mol. The van der Waals surface area contributed by atoms with Crippen LogP contribution in [-0.2, 0) is 0 Å². The minimum absolute atomic E-state index is 0. The molecule has 0 aromatic heterocycles. The summed E-state index contributed by atoms with van der Waals surface area (Å²) < 4.78 is 0. The van der Waals surface area contributed by atoms with E-state index in [1.165, 1.54) is 308 Å². The number of halogens is 1. The maximum Gasteiger partial charge on any atom is 0.0620 e. The Morgan fingerprint density at radius 1 is 0.197 bits per heavy atom. The van der Waals surface area contributed by atoms with Crippen molar-refractivity contribution < 1.29 is 12.4 Å². The van der Waals surface area contributed by atoms with Crippen LogP contribution in [0.25, 0.3) is 0 Å². The second-order valence-electron chi connectivity index (χ2n) is 23.8. The third-order valence-electron chi connectivity index (χ3n) is 16.0. The van der Waals surface area contributed by atoms with Crippen molar-refractivity contribution in [3.8, 4) is 0 Å². The minimum atomic E-state index is -1.05. The largest absolute Gasteiger partial charge is 1.00 e. The molecule has 0 aliphatic heterocycles. The van der Waals surface area contributed by atoms with Crippen LogP contribution >= 0.6 is 7.26 Å². The normalized spacial score (nSPS) is 14.5. The molecule has 0 bridgehead atoms. The summed E-state index contributed by atoms with van der Waals surface area (Å²) in [4.78, 5) is 0. The fourth-order valence-corrected chi connectivity index (χ4v) is 19.0. The van der Waals surface area contributed by atoms with Crippen LogP contribution < -0.4 is 12.4 Å². The third kappa shape index (κ3) is 49.7. The first-order chi connectivity index (χ1) is 31.8. The van der Waals surface area contributed by atoms with Crippen molar-refractivity contribution in [2.45, 2.75) is 364 Å². The van der Waals surface area contributed by atoms with Gasteiger partial charge in [-0.05, 0) is 49.4 Å². The highest BCUT2D eigenvalue weighted by molar-refractivity contribution is 7.75. The molecule has 0 aromatic rings.